The number of methoxy groups -OCH3 is 2. The molecule has 0 aromatic heterocycles. The van der Waals surface area contributed by atoms with Crippen LogP contribution >= 0.6 is 11.6 Å². The third kappa shape index (κ3) is 3.54. The largest absolute Gasteiger partial charge is 0.493 e. The summed E-state index contributed by atoms with van der Waals surface area (Å²) in [6.07, 6.45) is 3.89. The molecule has 0 radical (unpaired) electrons. The molecule has 106 valence electrons. The molecule has 2 atom stereocenters. The Hall–Kier alpha value is -0.930. The topological polar surface area (TPSA) is 30.5 Å². The SMILES string of the molecule is CCCC1CC1NCc1cc(Cl)c(OC)c(OC)c1. The normalized spacial score (nSPS) is 21.3. The van der Waals surface area contributed by atoms with Crippen molar-refractivity contribution < 1.29 is 9.47 Å². The maximum atomic E-state index is 6.19. The number of ether oxygens (including phenoxy) is 2. The third-order valence-electron chi connectivity index (χ3n) is 3.64. The molecule has 1 aliphatic rings. The molecule has 0 bridgehead atoms. The summed E-state index contributed by atoms with van der Waals surface area (Å²) in [7, 11) is 3.23. The van der Waals surface area contributed by atoms with E-state index in [9.17, 15) is 0 Å². The van der Waals surface area contributed by atoms with Crippen molar-refractivity contribution in [3.63, 3.8) is 0 Å². The average Bonchev–Trinajstić information content (AvgIpc) is 3.14. The van der Waals surface area contributed by atoms with Crippen LogP contribution < -0.4 is 14.8 Å². The number of rotatable bonds is 7. The van der Waals surface area contributed by atoms with E-state index in [4.69, 9.17) is 21.1 Å². The van der Waals surface area contributed by atoms with Gasteiger partial charge in [0.25, 0.3) is 0 Å². The van der Waals surface area contributed by atoms with Crippen LogP contribution in [-0.4, -0.2) is 20.3 Å². The van der Waals surface area contributed by atoms with Gasteiger partial charge in [-0.15, -0.1) is 0 Å². The molecular formula is C15H22ClNO2. The van der Waals surface area contributed by atoms with Crippen LogP contribution in [-0.2, 0) is 6.54 Å². The maximum absolute atomic E-state index is 6.19. The summed E-state index contributed by atoms with van der Waals surface area (Å²) in [6, 6.07) is 4.59. The lowest BCUT2D eigenvalue weighted by molar-refractivity contribution is 0.354. The predicted molar refractivity (Wildman–Crippen MR) is 78.2 cm³/mol. The monoisotopic (exact) mass is 283 g/mol. The van der Waals surface area contributed by atoms with Crippen LogP contribution in [0.2, 0.25) is 5.02 Å². The zero-order chi connectivity index (χ0) is 13.8. The van der Waals surface area contributed by atoms with Crippen molar-refractivity contribution in [3.8, 4) is 11.5 Å². The minimum Gasteiger partial charge on any atom is -0.493 e. The molecule has 2 unspecified atom stereocenters. The van der Waals surface area contributed by atoms with E-state index >= 15 is 0 Å². The van der Waals surface area contributed by atoms with Gasteiger partial charge in [-0.1, -0.05) is 24.9 Å². The second-order valence-corrected chi connectivity index (χ2v) is 5.49. The Balaban J connectivity index is 1.96. The molecule has 2 rings (SSSR count). The van der Waals surface area contributed by atoms with Crippen molar-refractivity contribution in [1.29, 1.82) is 0 Å². The quantitative estimate of drug-likeness (QED) is 0.829. The van der Waals surface area contributed by atoms with Gasteiger partial charge in [0.1, 0.15) is 0 Å². The molecular weight excluding hydrogens is 262 g/mol. The summed E-state index contributed by atoms with van der Waals surface area (Å²) in [5.74, 6) is 2.15. The van der Waals surface area contributed by atoms with Gasteiger partial charge in [-0.05, 0) is 36.5 Å². The first kappa shape index (κ1) is 14.5. The first-order valence-electron chi connectivity index (χ1n) is 6.83. The Labute approximate surface area is 120 Å². The van der Waals surface area contributed by atoms with Crippen LogP contribution in [0.4, 0.5) is 0 Å². The highest BCUT2D eigenvalue weighted by atomic mass is 35.5. The molecule has 0 aliphatic heterocycles. The van der Waals surface area contributed by atoms with Gasteiger partial charge >= 0.3 is 0 Å². The van der Waals surface area contributed by atoms with E-state index in [2.05, 4.69) is 12.2 Å². The van der Waals surface area contributed by atoms with E-state index < -0.39 is 0 Å². The zero-order valence-corrected chi connectivity index (χ0v) is 12.6. The van der Waals surface area contributed by atoms with E-state index in [0.29, 0.717) is 22.6 Å². The van der Waals surface area contributed by atoms with Gasteiger partial charge in [0.2, 0.25) is 0 Å². The van der Waals surface area contributed by atoms with Gasteiger partial charge in [-0.3, -0.25) is 0 Å². The molecule has 3 nitrogen and oxygen atoms in total. The second kappa shape index (κ2) is 6.49. The summed E-state index contributed by atoms with van der Waals surface area (Å²) >= 11 is 6.19. The number of halogens is 1. The Morgan fingerprint density at radius 1 is 1.32 bits per heavy atom. The van der Waals surface area contributed by atoms with Crippen LogP contribution in [0.15, 0.2) is 12.1 Å². The number of benzene rings is 1. The van der Waals surface area contributed by atoms with Crippen LogP contribution in [0.3, 0.4) is 0 Å². The van der Waals surface area contributed by atoms with E-state index in [0.717, 1.165) is 18.0 Å². The Morgan fingerprint density at radius 2 is 2.11 bits per heavy atom. The van der Waals surface area contributed by atoms with Gasteiger partial charge in [0.15, 0.2) is 11.5 Å². The minimum absolute atomic E-state index is 0.597. The average molecular weight is 284 g/mol. The first-order chi connectivity index (χ1) is 9.19. The van der Waals surface area contributed by atoms with Gasteiger partial charge in [-0.25, -0.2) is 0 Å². The lowest BCUT2D eigenvalue weighted by atomic mass is 10.2. The minimum atomic E-state index is 0.597. The highest BCUT2D eigenvalue weighted by Crippen LogP contribution is 2.37. The molecule has 0 amide bonds. The van der Waals surface area contributed by atoms with Crippen LogP contribution in [0, 0.1) is 5.92 Å². The molecule has 0 spiro atoms. The van der Waals surface area contributed by atoms with Gasteiger partial charge in [-0.2, -0.15) is 0 Å². The van der Waals surface area contributed by atoms with E-state index in [-0.39, 0.29) is 0 Å². The Morgan fingerprint density at radius 3 is 2.74 bits per heavy atom. The van der Waals surface area contributed by atoms with Crippen molar-refractivity contribution in [2.45, 2.75) is 38.8 Å². The summed E-state index contributed by atoms with van der Waals surface area (Å²) in [5.41, 5.74) is 1.13. The van der Waals surface area contributed by atoms with E-state index in [1.54, 1.807) is 14.2 Å². The highest BCUT2D eigenvalue weighted by Gasteiger charge is 2.35. The fourth-order valence-electron chi connectivity index (χ4n) is 2.51. The van der Waals surface area contributed by atoms with Crippen molar-refractivity contribution >= 4 is 11.6 Å². The molecule has 19 heavy (non-hydrogen) atoms. The van der Waals surface area contributed by atoms with Gasteiger partial charge < -0.3 is 14.8 Å². The van der Waals surface area contributed by atoms with E-state index in [1.165, 1.54) is 19.3 Å². The molecule has 1 aliphatic carbocycles. The number of nitrogens with one attached hydrogen (secondary N) is 1. The lowest BCUT2D eigenvalue weighted by Gasteiger charge is -2.12. The lowest BCUT2D eigenvalue weighted by Crippen LogP contribution is -2.17. The molecule has 1 saturated carbocycles. The molecule has 4 heteroatoms. The van der Waals surface area contributed by atoms with Crippen LogP contribution in [0.5, 0.6) is 11.5 Å². The molecule has 1 fully saturated rings. The van der Waals surface area contributed by atoms with E-state index in [1.807, 2.05) is 12.1 Å². The maximum Gasteiger partial charge on any atom is 0.179 e. The fraction of sp³-hybridized carbons (Fsp3) is 0.600. The highest BCUT2D eigenvalue weighted by molar-refractivity contribution is 6.32. The second-order valence-electron chi connectivity index (χ2n) is 5.09. The zero-order valence-electron chi connectivity index (χ0n) is 11.8. The van der Waals surface area contributed by atoms with Crippen molar-refractivity contribution in [2.75, 3.05) is 14.2 Å². The summed E-state index contributed by atoms with van der Waals surface area (Å²) in [5, 5.41) is 4.17. The van der Waals surface area contributed by atoms with Crippen LogP contribution in [0.1, 0.15) is 31.7 Å². The summed E-state index contributed by atoms with van der Waals surface area (Å²) in [4.78, 5) is 0. The Kier molecular flexibility index (Phi) is 4.94. The number of hydrogen-bond donors (Lipinski definition) is 1. The van der Waals surface area contributed by atoms with Crippen molar-refractivity contribution in [1.82, 2.24) is 5.32 Å². The number of hydrogen-bond acceptors (Lipinski definition) is 3. The van der Waals surface area contributed by atoms with Crippen LogP contribution in [0.25, 0.3) is 0 Å². The summed E-state index contributed by atoms with van der Waals surface area (Å²) < 4.78 is 10.5. The summed E-state index contributed by atoms with van der Waals surface area (Å²) in [6.45, 7) is 3.06. The smallest absolute Gasteiger partial charge is 0.179 e. The fourth-order valence-corrected chi connectivity index (χ4v) is 2.82. The molecule has 1 N–H and O–H groups in total. The molecule has 1 aromatic rings. The van der Waals surface area contributed by atoms with Gasteiger partial charge in [0, 0.05) is 12.6 Å². The standard InChI is InChI=1S/C15H22ClNO2/c1-4-5-11-8-13(11)17-9-10-6-12(16)15(19-3)14(7-10)18-2/h6-7,11,13,17H,4-5,8-9H2,1-3H3. The predicted octanol–water partition coefficient (Wildman–Crippen LogP) is 3.64. The van der Waals surface area contributed by atoms with Crippen molar-refractivity contribution in [3.05, 3.63) is 22.7 Å². The molecule has 0 saturated heterocycles. The van der Waals surface area contributed by atoms with Crippen molar-refractivity contribution in [2.24, 2.45) is 5.92 Å². The Bertz CT molecular complexity index is 436. The molecule has 0 heterocycles. The van der Waals surface area contributed by atoms with Gasteiger partial charge in [0.05, 0.1) is 19.2 Å². The molecule has 1 aromatic carbocycles. The first-order valence-corrected chi connectivity index (χ1v) is 7.21. The third-order valence-corrected chi connectivity index (χ3v) is 3.92.